The number of pyridine rings is 1. The first-order valence-electron chi connectivity index (χ1n) is 14.5. The summed E-state index contributed by atoms with van der Waals surface area (Å²) in [5.41, 5.74) is 2.79. The van der Waals surface area contributed by atoms with Crippen molar-refractivity contribution in [2.75, 3.05) is 37.9 Å². The minimum Gasteiger partial charge on any atom is -0.494 e. The van der Waals surface area contributed by atoms with E-state index in [1.165, 1.54) is 0 Å². The SMILES string of the molecule is Cc1ccnc(NCCCOc2ccc3c(c2)CN(C(C)(C)COP(C)CCC(C)(C)C)C(=O)[C@H](CC(=O)O)C3)c1. The van der Waals surface area contributed by atoms with E-state index < -0.39 is 25.6 Å². The predicted molar refractivity (Wildman–Crippen MR) is 166 cm³/mol. The van der Waals surface area contributed by atoms with E-state index in [2.05, 4.69) is 37.7 Å². The fraction of sp³-hybridized carbons (Fsp3) is 0.594. The van der Waals surface area contributed by atoms with E-state index in [-0.39, 0.29) is 17.7 Å². The van der Waals surface area contributed by atoms with Gasteiger partial charge in [0.05, 0.1) is 31.1 Å². The average molecular weight is 586 g/mol. The van der Waals surface area contributed by atoms with Gasteiger partial charge in [-0.15, -0.1) is 0 Å². The summed E-state index contributed by atoms with van der Waals surface area (Å²) < 4.78 is 12.4. The zero-order valence-electron chi connectivity index (χ0n) is 25.8. The van der Waals surface area contributed by atoms with Crippen LogP contribution in [0.15, 0.2) is 36.5 Å². The number of fused-ring (bicyclic) bond motifs is 1. The van der Waals surface area contributed by atoms with E-state index in [0.29, 0.717) is 26.2 Å². The first-order valence-corrected chi connectivity index (χ1v) is 16.4. The Hall–Kier alpha value is -2.70. The number of aromatic nitrogens is 1. The minimum atomic E-state index is -0.963. The van der Waals surface area contributed by atoms with Crippen LogP contribution in [-0.4, -0.2) is 65.0 Å². The molecule has 1 amide bonds. The number of nitrogens with one attached hydrogen (secondary N) is 1. The monoisotopic (exact) mass is 585 g/mol. The first-order chi connectivity index (χ1) is 19.2. The van der Waals surface area contributed by atoms with Gasteiger partial charge in [-0.2, -0.15) is 0 Å². The van der Waals surface area contributed by atoms with Gasteiger partial charge in [-0.25, -0.2) is 4.98 Å². The molecule has 0 saturated heterocycles. The van der Waals surface area contributed by atoms with Gasteiger partial charge in [-0.3, -0.25) is 9.59 Å². The lowest BCUT2D eigenvalue weighted by atomic mass is 9.93. The maximum absolute atomic E-state index is 13.7. The highest BCUT2D eigenvalue weighted by Gasteiger charge is 2.39. The summed E-state index contributed by atoms with van der Waals surface area (Å²) in [6.07, 6.45) is 4.88. The predicted octanol–water partition coefficient (Wildman–Crippen LogP) is 6.50. The number of nitrogens with zero attached hydrogens (tertiary/aromatic N) is 2. The zero-order chi connectivity index (χ0) is 30.2. The van der Waals surface area contributed by atoms with Crippen molar-refractivity contribution in [3.8, 4) is 5.75 Å². The number of amides is 1. The van der Waals surface area contributed by atoms with Gasteiger partial charge >= 0.3 is 5.97 Å². The number of carboxylic acids is 1. The number of aliphatic carboxylic acids is 1. The summed E-state index contributed by atoms with van der Waals surface area (Å²) in [4.78, 5) is 31.5. The molecule has 1 aliphatic heterocycles. The molecule has 0 bridgehead atoms. The molecule has 2 heterocycles. The number of aryl methyl sites for hydroxylation is 1. The molecule has 0 fully saturated rings. The van der Waals surface area contributed by atoms with Crippen molar-refractivity contribution in [1.82, 2.24) is 9.88 Å². The summed E-state index contributed by atoms with van der Waals surface area (Å²) in [5.74, 6) is -0.118. The van der Waals surface area contributed by atoms with Gasteiger partial charge in [0.25, 0.3) is 0 Å². The van der Waals surface area contributed by atoms with E-state index in [9.17, 15) is 14.7 Å². The van der Waals surface area contributed by atoms with E-state index in [0.717, 1.165) is 53.8 Å². The molecule has 2 aromatic rings. The Morgan fingerprint density at radius 3 is 2.61 bits per heavy atom. The quantitative estimate of drug-likeness (QED) is 0.193. The highest BCUT2D eigenvalue weighted by Crippen LogP contribution is 2.39. The third kappa shape index (κ3) is 10.6. The van der Waals surface area contributed by atoms with Crippen LogP contribution in [0.5, 0.6) is 5.75 Å². The molecule has 8 nitrogen and oxygen atoms in total. The average Bonchev–Trinajstić information content (AvgIpc) is 3.02. The number of carbonyl (C=O) groups excluding carboxylic acids is 1. The van der Waals surface area contributed by atoms with Gasteiger partial charge in [0.2, 0.25) is 5.91 Å². The number of benzene rings is 1. The summed E-state index contributed by atoms with van der Waals surface area (Å²) in [7, 11) is -0.622. The largest absolute Gasteiger partial charge is 0.494 e. The fourth-order valence-corrected chi connectivity index (χ4v) is 6.41. The Morgan fingerprint density at radius 2 is 1.93 bits per heavy atom. The number of carbonyl (C=O) groups is 2. The molecule has 1 aliphatic rings. The fourth-order valence-electron chi connectivity index (χ4n) is 4.76. The Labute approximate surface area is 247 Å². The highest BCUT2D eigenvalue weighted by atomic mass is 31.1. The maximum atomic E-state index is 13.7. The summed E-state index contributed by atoms with van der Waals surface area (Å²) in [6.45, 7) is 17.0. The van der Waals surface area contributed by atoms with Crippen molar-refractivity contribution in [3.63, 3.8) is 0 Å². The second kappa shape index (κ2) is 14.5. The first kappa shape index (κ1) is 32.8. The van der Waals surface area contributed by atoms with Crippen LogP contribution in [0.4, 0.5) is 5.82 Å². The molecule has 0 spiro atoms. The molecule has 226 valence electrons. The lowest BCUT2D eigenvalue weighted by molar-refractivity contribution is -0.148. The number of ether oxygens (including phenoxy) is 1. The number of anilines is 1. The highest BCUT2D eigenvalue weighted by molar-refractivity contribution is 7.51. The van der Waals surface area contributed by atoms with E-state index in [1.807, 2.05) is 56.0 Å². The summed E-state index contributed by atoms with van der Waals surface area (Å²) >= 11 is 0. The van der Waals surface area contributed by atoms with Crippen LogP contribution in [0.2, 0.25) is 0 Å². The molecule has 1 unspecified atom stereocenters. The van der Waals surface area contributed by atoms with E-state index in [4.69, 9.17) is 9.26 Å². The maximum Gasteiger partial charge on any atom is 0.304 e. The van der Waals surface area contributed by atoms with E-state index in [1.54, 1.807) is 6.20 Å². The second-order valence-electron chi connectivity index (χ2n) is 12.9. The van der Waals surface area contributed by atoms with Crippen molar-refractivity contribution in [2.24, 2.45) is 11.3 Å². The van der Waals surface area contributed by atoms with Crippen LogP contribution in [0.3, 0.4) is 0 Å². The van der Waals surface area contributed by atoms with Gasteiger partial charge < -0.3 is 24.6 Å². The number of hydrogen-bond acceptors (Lipinski definition) is 6. The van der Waals surface area contributed by atoms with Gasteiger partial charge in [-0.1, -0.05) is 26.8 Å². The molecule has 0 saturated carbocycles. The number of hydrogen-bond donors (Lipinski definition) is 2. The smallest absolute Gasteiger partial charge is 0.304 e. The molecule has 3 rings (SSSR count). The summed E-state index contributed by atoms with van der Waals surface area (Å²) in [5, 5.41) is 12.9. The third-order valence-corrected chi connectivity index (χ3v) is 8.79. The van der Waals surface area contributed by atoms with Crippen LogP contribution in [0.1, 0.15) is 70.6 Å². The van der Waals surface area contributed by atoms with Gasteiger partial charge in [0.1, 0.15) is 11.6 Å². The number of rotatable bonds is 14. The van der Waals surface area contributed by atoms with Crippen molar-refractivity contribution in [2.45, 2.75) is 79.3 Å². The lowest BCUT2D eigenvalue weighted by Crippen LogP contribution is -2.51. The molecule has 1 aromatic carbocycles. The van der Waals surface area contributed by atoms with Crippen LogP contribution < -0.4 is 10.1 Å². The molecular formula is C32H48N3O5P. The second-order valence-corrected chi connectivity index (χ2v) is 14.9. The van der Waals surface area contributed by atoms with Crippen LogP contribution >= 0.6 is 8.15 Å². The topological polar surface area (TPSA) is 101 Å². The molecule has 0 aliphatic carbocycles. The van der Waals surface area contributed by atoms with Crippen LogP contribution in [0.25, 0.3) is 0 Å². The third-order valence-electron chi connectivity index (χ3n) is 7.37. The normalized spacial score (nSPS) is 16.6. The van der Waals surface area contributed by atoms with Crippen molar-refractivity contribution in [3.05, 3.63) is 53.2 Å². The minimum absolute atomic E-state index is 0.134. The molecule has 0 radical (unpaired) electrons. The number of carboxylic acid groups (broad SMARTS) is 1. The molecule has 2 N–H and O–H groups in total. The Morgan fingerprint density at radius 1 is 1.17 bits per heavy atom. The Balaban J connectivity index is 1.67. The van der Waals surface area contributed by atoms with E-state index >= 15 is 0 Å². The molecular weight excluding hydrogens is 537 g/mol. The van der Waals surface area contributed by atoms with Gasteiger partial charge in [0.15, 0.2) is 0 Å². The molecule has 9 heteroatoms. The van der Waals surface area contributed by atoms with Gasteiger partial charge in [-0.05, 0) is 99.2 Å². The standard InChI is InChI=1S/C32H48N3O5P/c1-23-11-14-34-28(17-23)33-13-8-15-39-27-10-9-24-18-25(20-29(36)37)30(38)35(21-26(24)19-27)32(5,6)22-40-41(7)16-12-31(2,3)4/h9-11,14,17,19,25H,8,12-13,15-16,18,20-22H2,1-7H3,(H,33,34)(H,36,37)/t25-,41?/m0/s1. The molecule has 1 aromatic heterocycles. The lowest BCUT2D eigenvalue weighted by Gasteiger charge is -2.40. The molecule has 41 heavy (non-hydrogen) atoms. The van der Waals surface area contributed by atoms with Crippen molar-refractivity contribution < 1.29 is 24.0 Å². The van der Waals surface area contributed by atoms with Crippen LogP contribution in [-0.2, 0) is 27.1 Å². The zero-order valence-corrected chi connectivity index (χ0v) is 26.7. The van der Waals surface area contributed by atoms with Crippen LogP contribution in [0, 0.1) is 18.3 Å². The molecule has 2 atom stereocenters. The van der Waals surface area contributed by atoms with Crippen molar-refractivity contribution >= 4 is 25.8 Å². The Bertz CT molecular complexity index is 1180. The van der Waals surface area contributed by atoms with Crippen molar-refractivity contribution in [1.29, 1.82) is 0 Å². The summed E-state index contributed by atoms with van der Waals surface area (Å²) in [6, 6.07) is 9.88. The van der Waals surface area contributed by atoms with Gasteiger partial charge in [0, 0.05) is 27.4 Å². The Kier molecular flexibility index (Phi) is 11.6.